The molecule has 4 nitrogen and oxygen atoms in total. The van der Waals surface area contributed by atoms with Gasteiger partial charge in [-0.05, 0) is 36.8 Å². The summed E-state index contributed by atoms with van der Waals surface area (Å²) in [5.41, 5.74) is -0.690. The van der Waals surface area contributed by atoms with E-state index in [0.717, 1.165) is 5.39 Å². The van der Waals surface area contributed by atoms with Crippen molar-refractivity contribution in [2.24, 2.45) is 0 Å². The number of methoxy groups -OCH3 is 1. The van der Waals surface area contributed by atoms with Gasteiger partial charge < -0.3 is 14.3 Å². The van der Waals surface area contributed by atoms with Crippen LogP contribution in [0.1, 0.15) is 18.1 Å². The maximum atomic E-state index is 12.2. The SMILES string of the molecule is COc1ccc(C(C)(O)c2cc3ccccc3oc2=O)cc1. The topological polar surface area (TPSA) is 59.7 Å². The van der Waals surface area contributed by atoms with Crippen molar-refractivity contribution < 1.29 is 14.3 Å². The van der Waals surface area contributed by atoms with Crippen molar-refractivity contribution in [1.82, 2.24) is 0 Å². The van der Waals surface area contributed by atoms with Gasteiger partial charge in [-0.1, -0.05) is 30.3 Å². The zero-order chi connectivity index (χ0) is 15.7. The smallest absolute Gasteiger partial charge is 0.342 e. The lowest BCUT2D eigenvalue weighted by molar-refractivity contribution is 0.0984. The molecule has 1 N–H and O–H groups in total. The molecular weight excluding hydrogens is 280 g/mol. The lowest BCUT2D eigenvalue weighted by Gasteiger charge is -2.23. The van der Waals surface area contributed by atoms with Crippen LogP contribution in [0.15, 0.2) is 63.8 Å². The molecule has 0 aliphatic heterocycles. The van der Waals surface area contributed by atoms with E-state index in [4.69, 9.17) is 9.15 Å². The van der Waals surface area contributed by atoms with Crippen LogP contribution >= 0.6 is 0 Å². The molecule has 3 rings (SSSR count). The van der Waals surface area contributed by atoms with E-state index in [1.807, 2.05) is 12.1 Å². The third kappa shape index (κ3) is 2.38. The average Bonchev–Trinajstić information content (AvgIpc) is 2.54. The van der Waals surface area contributed by atoms with E-state index in [1.165, 1.54) is 0 Å². The summed E-state index contributed by atoms with van der Waals surface area (Å²) >= 11 is 0. The summed E-state index contributed by atoms with van der Waals surface area (Å²) in [6.45, 7) is 1.58. The maximum Gasteiger partial charge on any atom is 0.342 e. The minimum absolute atomic E-state index is 0.205. The molecular formula is C18H16O4. The third-order valence-electron chi connectivity index (χ3n) is 3.82. The highest BCUT2D eigenvalue weighted by atomic mass is 16.5. The first-order valence-corrected chi connectivity index (χ1v) is 6.92. The van der Waals surface area contributed by atoms with Gasteiger partial charge in [-0.15, -0.1) is 0 Å². The average molecular weight is 296 g/mol. The molecule has 0 fully saturated rings. The van der Waals surface area contributed by atoms with Gasteiger partial charge in [0.05, 0.1) is 12.7 Å². The molecule has 0 saturated heterocycles. The van der Waals surface area contributed by atoms with Crippen molar-refractivity contribution in [2.45, 2.75) is 12.5 Å². The summed E-state index contributed by atoms with van der Waals surface area (Å²) < 4.78 is 10.4. The Bertz CT molecular complexity index is 860. The Balaban J connectivity index is 2.14. The molecule has 0 amide bonds. The van der Waals surface area contributed by atoms with Crippen molar-refractivity contribution in [1.29, 1.82) is 0 Å². The largest absolute Gasteiger partial charge is 0.497 e. The quantitative estimate of drug-likeness (QED) is 0.755. The fourth-order valence-corrected chi connectivity index (χ4v) is 2.47. The number of aliphatic hydroxyl groups is 1. The van der Waals surface area contributed by atoms with Gasteiger partial charge in [0.25, 0.3) is 0 Å². The van der Waals surface area contributed by atoms with Crippen LogP contribution in [0.3, 0.4) is 0 Å². The number of benzene rings is 2. The van der Waals surface area contributed by atoms with Crippen LogP contribution in [-0.4, -0.2) is 12.2 Å². The van der Waals surface area contributed by atoms with Crippen molar-refractivity contribution >= 4 is 11.0 Å². The lowest BCUT2D eigenvalue weighted by Crippen LogP contribution is -2.29. The van der Waals surface area contributed by atoms with Gasteiger partial charge in [-0.25, -0.2) is 4.79 Å². The van der Waals surface area contributed by atoms with Gasteiger partial charge in [0.2, 0.25) is 0 Å². The van der Waals surface area contributed by atoms with Crippen molar-refractivity contribution in [3.63, 3.8) is 0 Å². The van der Waals surface area contributed by atoms with Crippen LogP contribution in [0.5, 0.6) is 5.75 Å². The van der Waals surface area contributed by atoms with Gasteiger partial charge in [-0.2, -0.15) is 0 Å². The first-order valence-electron chi connectivity index (χ1n) is 6.92. The standard InChI is InChI=1S/C18H16O4/c1-18(20,13-7-9-14(21-2)10-8-13)15-11-12-5-3-4-6-16(12)22-17(15)19/h3-11,20H,1-2H3. The number of rotatable bonds is 3. The molecule has 1 atom stereocenters. The van der Waals surface area contributed by atoms with Crippen molar-refractivity contribution in [3.05, 3.63) is 76.1 Å². The Morgan fingerprint density at radius 2 is 1.77 bits per heavy atom. The summed E-state index contributed by atoms with van der Waals surface area (Å²) in [5, 5.41) is 11.6. The van der Waals surface area contributed by atoms with Gasteiger partial charge in [0.1, 0.15) is 16.9 Å². The number of hydrogen-bond donors (Lipinski definition) is 1. The van der Waals surface area contributed by atoms with Gasteiger partial charge in [0.15, 0.2) is 0 Å². The van der Waals surface area contributed by atoms with E-state index >= 15 is 0 Å². The number of fused-ring (bicyclic) bond motifs is 1. The molecule has 0 aliphatic rings. The minimum Gasteiger partial charge on any atom is -0.497 e. The van der Waals surface area contributed by atoms with E-state index in [1.54, 1.807) is 56.5 Å². The lowest BCUT2D eigenvalue weighted by atomic mass is 9.89. The first kappa shape index (κ1) is 14.4. The highest BCUT2D eigenvalue weighted by molar-refractivity contribution is 5.77. The highest BCUT2D eigenvalue weighted by Gasteiger charge is 2.30. The summed E-state index contributed by atoms with van der Waals surface area (Å²) in [6.07, 6.45) is 0. The molecule has 22 heavy (non-hydrogen) atoms. The zero-order valence-corrected chi connectivity index (χ0v) is 12.4. The summed E-state index contributed by atoms with van der Waals surface area (Å²) in [4.78, 5) is 12.2. The van der Waals surface area contributed by atoms with E-state index in [2.05, 4.69) is 0 Å². The monoisotopic (exact) mass is 296 g/mol. The fourth-order valence-electron chi connectivity index (χ4n) is 2.47. The summed E-state index contributed by atoms with van der Waals surface area (Å²) in [6, 6.07) is 15.8. The Morgan fingerprint density at radius 3 is 2.45 bits per heavy atom. The minimum atomic E-state index is -1.45. The number of ether oxygens (including phenoxy) is 1. The van der Waals surface area contributed by atoms with E-state index < -0.39 is 11.2 Å². The molecule has 3 aromatic rings. The predicted octanol–water partition coefficient (Wildman–Crippen LogP) is 3.06. The molecule has 1 heterocycles. The summed E-state index contributed by atoms with van der Waals surface area (Å²) in [5.74, 6) is 0.685. The Morgan fingerprint density at radius 1 is 1.09 bits per heavy atom. The highest BCUT2D eigenvalue weighted by Crippen LogP contribution is 2.29. The van der Waals surface area contributed by atoms with Crippen LogP contribution in [0.2, 0.25) is 0 Å². The van der Waals surface area contributed by atoms with E-state index in [-0.39, 0.29) is 5.56 Å². The second kappa shape index (κ2) is 5.31. The maximum absolute atomic E-state index is 12.2. The van der Waals surface area contributed by atoms with Crippen LogP contribution in [0.4, 0.5) is 0 Å². The van der Waals surface area contributed by atoms with Crippen LogP contribution in [0, 0.1) is 0 Å². The van der Waals surface area contributed by atoms with Crippen LogP contribution < -0.4 is 10.4 Å². The predicted molar refractivity (Wildman–Crippen MR) is 84.2 cm³/mol. The summed E-state index contributed by atoms with van der Waals surface area (Å²) in [7, 11) is 1.57. The normalized spacial score (nSPS) is 13.8. The molecule has 112 valence electrons. The number of hydrogen-bond acceptors (Lipinski definition) is 4. The molecule has 1 unspecified atom stereocenters. The Kier molecular flexibility index (Phi) is 3.47. The van der Waals surface area contributed by atoms with Crippen LogP contribution in [-0.2, 0) is 5.60 Å². The van der Waals surface area contributed by atoms with E-state index in [0.29, 0.717) is 16.9 Å². The molecule has 0 saturated carbocycles. The molecule has 0 aliphatic carbocycles. The molecule has 0 bridgehead atoms. The fraction of sp³-hybridized carbons (Fsp3) is 0.167. The van der Waals surface area contributed by atoms with E-state index in [9.17, 15) is 9.90 Å². The van der Waals surface area contributed by atoms with Crippen molar-refractivity contribution in [2.75, 3.05) is 7.11 Å². The molecule has 1 aromatic heterocycles. The molecule has 4 heteroatoms. The zero-order valence-electron chi connectivity index (χ0n) is 12.4. The number of para-hydroxylation sites is 1. The molecule has 2 aromatic carbocycles. The Hall–Kier alpha value is -2.59. The third-order valence-corrected chi connectivity index (χ3v) is 3.82. The van der Waals surface area contributed by atoms with Gasteiger partial charge in [0, 0.05) is 5.39 Å². The second-order valence-electron chi connectivity index (χ2n) is 5.29. The van der Waals surface area contributed by atoms with Crippen LogP contribution in [0.25, 0.3) is 11.0 Å². The molecule has 0 spiro atoms. The first-order chi connectivity index (χ1) is 10.5. The second-order valence-corrected chi connectivity index (χ2v) is 5.29. The van der Waals surface area contributed by atoms with Gasteiger partial charge >= 0.3 is 5.63 Å². The Labute approximate surface area is 127 Å². The van der Waals surface area contributed by atoms with Crippen molar-refractivity contribution in [3.8, 4) is 5.75 Å². The van der Waals surface area contributed by atoms with Gasteiger partial charge in [-0.3, -0.25) is 0 Å². The molecule has 0 radical (unpaired) electrons.